The van der Waals surface area contributed by atoms with Crippen LogP contribution >= 0.6 is 0 Å². The van der Waals surface area contributed by atoms with Crippen molar-refractivity contribution in [1.29, 1.82) is 0 Å². The molecule has 1 rings (SSSR count). The topological polar surface area (TPSA) is 157 Å². The number of unbranched alkanes of at least 4 members (excludes halogenated alkanes) is 19. The summed E-state index contributed by atoms with van der Waals surface area (Å²) in [6, 6.07) is -1.16. The SMILES string of the molecule is CCCCCCCCCCCCCC(=O)N(CCCCCCCCCCCC)[C@@H]1O[C@H](CO)[C@H](O)[C@H](O)[C@H]1NC(=O)CCC(=O)O. The minimum Gasteiger partial charge on any atom is -0.481 e. The van der Waals surface area contributed by atoms with Gasteiger partial charge < -0.3 is 35.4 Å². The Morgan fingerprint density at radius 2 is 1.09 bits per heavy atom. The fourth-order valence-corrected chi connectivity index (χ4v) is 6.25. The highest BCUT2D eigenvalue weighted by molar-refractivity contribution is 5.81. The van der Waals surface area contributed by atoms with Gasteiger partial charge in [0.2, 0.25) is 11.8 Å². The molecule has 1 saturated heterocycles. The predicted molar refractivity (Wildman–Crippen MR) is 181 cm³/mol. The van der Waals surface area contributed by atoms with E-state index in [4.69, 9.17) is 9.84 Å². The minimum atomic E-state index is -1.50. The molecule has 1 aliphatic rings. The quantitative estimate of drug-likeness (QED) is 0.0594. The van der Waals surface area contributed by atoms with Gasteiger partial charge in [-0.05, 0) is 12.8 Å². The first kappa shape index (κ1) is 42.3. The maximum Gasteiger partial charge on any atom is 0.303 e. The normalized spacial score (nSPS) is 21.3. The van der Waals surface area contributed by atoms with Crippen LogP contribution in [0.25, 0.3) is 0 Å². The fourth-order valence-electron chi connectivity index (χ4n) is 6.25. The van der Waals surface area contributed by atoms with Crippen LogP contribution in [0.3, 0.4) is 0 Å². The van der Waals surface area contributed by atoms with Gasteiger partial charge in [0.25, 0.3) is 0 Å². The maximum atomic E-state index is 13.7. The van der Waals surface area contributed by atoms with Gasteiger partial charge in [-0.25, -0.2) is 0 Å². The van der Waals surface area contributed by atoms with Gasteiger partial charge in [0.05, 0.1) is 13.0 Å². The van der Waals surface area contributed by atoms with Crippen LogP contribution in [-0.2, 0) is 19.1 Å². The van der Waals surface area contributed by atoms with Crippen LogP contribution in [0.5, 0.6) is 0 Å². The molecule has 0 aromatic heterocycles. The van der Waals surface area contributed by atoms with E-state index in [1.807, 2.05) is 0 Å². The number of carboxylic acids is 1. The van der Waals surface area contributed by atoms with Crippen LogP contribution < -0.4 is 5.32 Å². The van der Waals surface area contributed by atoms with Crippen molar-refractivity contribution in [3.8, 4) is 0 Å². The number of carboxylic acid groups (broad SMARTS) is 1. The standard InChI is InChI=1S/C36H68N2O8/c1-3-5-7-9-11-13-15-16-18-20-22-24-31(41)38(27-23-21-19-17-14-12-10-8-6-4-2)36-33(37-30(40)25-26-32(42)43)35(45)34(44)29(28-39)46-36/h29,33-36,39,44-45H,3-28H2,1-2H3,(H,37,40)(H,42,43)/t29-,33-,34+,35-,36-/m1/s1. The highest BCUT2D eigenvalue weighted by Crippen LogP contribution is 2.26. The van der Waals surface area contributed by atoms with Gasteiger partial charge in [0.1, 0.15) is 24.4 Å². The monoisotopic (exact) mass is 656 g/mol. The van der Waals surface area contributed by atoms with E-state index < -0.39 is 49.1 Å². The van der Waals surface area contributed by atoms with Gasteiger partial charge in [-0.2, -0.15) is 0 Å². The van der Waals surface area contributed by atoms with E-state index >= 15 is 0 Å². The molecule has 10 nitrogen and oxygen atoms in total. The third-order valence-electron chi connectivity index (χ3n) is 9.17. The Kier molecular flexibility index (Phi) is 25.0. The van der Waals surface area contributed by atoms with E-state index in [1.165, 1.54) is 83.5 Å². The zero-order valence-electron chi connectivity index (χ0n) is 29.1. The van der Waals surface area contributed by atoms with E-state index in [-0.39, 0.29) is 18.7 Å². The van der Waals surface area contributed by atoms with E-state index in [0.717, 1.165) is 51.4 Å². The smallest absolute Gasteiger partial charge is 0.303 e. The van der Waals surface area contributed by atoms with Crippen molar-refractivity contribution in [2.45, 2.75) is 199 Å². The Morgan fingerprint density at radius 1 is 0.630 bits per heavy atom. The van der Waals surface area contributed by atoms with Gasteiger partial charge in [0.15, 0.2) is 6.23 Å². The number of ether oxygens (including phenoxy) is 1. The second-order valence-corrected chi connectivity index (χ2v) is 13.3. The Balaban J connectivity index is 2.79. The summed E-state index contributed by atoms with van der Waals surface area (Å²) < 4.78 is 6.00. The third kappa shape index (κ3) is 18.6. The first-order chi connectivity index (χ1) is 22.3. The molecule has 270 valence electrons. The number of hydrogen-bond acceptors (Lipinski definition) is 7. The summed E-state index contributed by atoms with van der Waals surface area (Å²) in [6.07, 6.45) is 18.6. The van der Waals surface area contributed by atoms with E-state index in [1.54, 1.807) is 4.90 Å². The number of nitrogens with one attached hydrogen (secondary N) is 1. The van der Waals surface area contributed by atoms with Gasteiger partial charge in [-0.15, -0.1) is 0 Å². The number of amides is 2. The minimum absolute atomic E-state index is 0.151. The van der Waals surface area contributed by atoms with E-state index in [2.05, 4.69) is 19.2 Å². The average molecular weight is 657 g/mol. The second kappa shape index (κ2) is 27.2. The Morgan fingerprint density at radius 3 is 1.54 bits per heavy atom. The number of aliphatic hydroxyl groups excluding tert-OH is 3. The van der Waals surface area contributed by atoms with Gasteiger partial charge >= 0.3 is 5.97 Å². The lowest BCUT2D eigenvalue weighted by Gasteiger charge is -2.47. The summed E-state index contributed by atoms with van der Waals surface area (Å²) in [6.45, 7) is 4.24. The van der Waals surface area contributed by atoms with Crippen molar-refractivity contribution in [2.24, 2.45) is 0 Å². The van der Waals surface area contributed by atoms with Crippen molar-refractivity contribution in [3.05, 3.63) is 0 Å². The van der Waals surface area contributed by atoms with Crippen LogP contribution in [0.4, 0.5) is 0 Å². The number of rotatable bonds is 29. The summed E-state index contributed by atoms with van der Waals surface area (Å²) in [5, 5.41) is 43.0. The van der Waals surface area contributed by atoms with Crippen LogP contribution in [0.2, 0.25) is 0 Å². The zero-order chi connectivity index (χ0) is 34.0. The molecule has 0 spiro atoms. The molecule has 46 heavy (non-hydrogen) atoms. The molecule has 0 unspecified atom stereocenters. The summed E-state index contributed by atoms with van der Waals surface area (Å²) in [7, 11) is 0. The molecule has 0 radical (unpaired) electrons. The molecule has 1 heterocycles. The summed E-state index contributed by atoms with van der Waals surface area (Å²) >= 11 is 0. The summed E-state index contributed by atoms with van der Waals surface area (Å²) in [4.78, 5) is 38.8. The highest BCUT2D eigenvalue weighted by atomic mass is 16.5. The van der Waals surface area contributed by atoms with Gasteiger partial charge in [-0.1, -0.05) is 136 Å². The number of hydrogen-bond donors (Lipinski definition) is 5. The molecule has 0 aromatic carbocycles. The Bertz CT molecular complexity index is 798. The fraction of sp³-hybridized carbons (Fsp3) is 0.917. The molecule has 0 aromatic rings. The van der Waals surface area contributed by atoms with Crippen molar-refractivity contribution >= 4 is 17.8 Å². The third-order valence-corrected chi connectivity index (χ3v) is 9.17. The van der Waals surface area contributed by atoms with Crippen molar-refractivity contribution in [1.82, 2.24) is 10.2 Å². The molecule has 0 saturated carbocycles. The van der Waals surface area contributed by atoms with Crippen molar-refractivity contribution < 1.29 is 39.5 Å². The van der Waals surface area contributed by atoms with Crippen molar-refractivity contribution in [3.63, 3.8) is 0 Å². The lowest BCUT2D eigenvalue weighted by Crippen LogP contribution is -2.68. The number of aliphatic carboxylic acids is 1. The molecule has 1 aliphatic heterocycles. The first-order valence-corrected chi connectivity index (χ1v) is 18.7. The zero-order valence-corrected chi connectivity index (χ0v) is 29.1. The molecule has 5 N–H and O–H groups in total. The van der Waals surface area contributed by atoms with Crippen molar-refractivity contribution in [2.75, 3.05) is 13.2 Å². The molecule has 0 bridgehead atoms. The summed E-state index contributed by atoms with van der Waals surface area (Å²) in [5.74, 6) is -1.90. The molecular formula is C36H68N2O8. The maximum absolute atomic E-state index is 13.7. The molecule has 10 heteroatoms. The molecular weight excluding hydrogens is 588 g/mol. The van der Waals surface area contributed by atoms with Crippen LogP contribution in [0, 0.1) is 0 Å². The average Bonchev–Trinajstić information content (AvgIpc) is 3.04. The number of carbonyl (C=O) groups is 3. The number of nitrogens with zero attached hydrogens (tertiary/aromatic N) is 1. The Hall–Kier alpha value is -1.75. The molecule has 0 aliphatic carbocycles. The predicted octanol–water partition coefficient (Wildman–Crippen LogP) is 6.23. The summed E-state index contributed by atoms with van der Waals surface area (Å²) in [5.41, 5.74) is 0. The molecule has 1 fully saturated rings. The van der Waals surface area contributed by atoms with Crippen LogP contribution in [0.1, 0.15) is 168 Å². The molecule has 5 atom stereocenters. The Labute approximate surface area is 279 Å². The van der Waals surface area contributed by atoms with Crippen LogP contribution in [0.15, 0.2) is 0 Å². The van der Waals surface area contributed by atoms with Crippen LogP contribution in [-0.4, -0.2) is 86.8 Å². The largest absolute Gasteiger partial charge is 0.481 e. The van der Waals surface area contributed by atoms with E-state index in [9.17, 15) is 29.7 Å². The van der Waals surface area contributed by atoms with Gasteiger partial charge in [-0.3, -0.25) is 14.4 Å². The second-order valence-electron chi connectivity index (χ2n) is 13.3. The lowest BCUT2D eigenvalue weighted by atomic mass is 9.94. The van der Waals surface area contributed by atoms with E-state index in [0.29, 0.717) is 13.0 Å². The lowest BCUT2D eigenvalue weighted by molar-refractivity contribution is -0.231. The number of carbonyl (C=O) groups excluding carboxylic acids is 2. The first-order valence-electron chi connectivity index (χ1n) is 18.7. The highest BCUT2D eigenvalue weighted by Gasteiger charge is 2.48. The molecule has 2 amide bonds. The van der Waals surface area contributed by atoms with Gasteiger partial charge in [0, 0.05) is 19.4 Å². The number of aliphatic hydroxyl groups is 3.